The van der Waals surface area contributed by atoms with Crippen molar-refractivity contribution in [1.29, 1.82) is 0 Å². The second-order valence-corrected chi connectivity index (χ2v) is 3.33. The average Bonchev–Trinajstić information content (AvgIpc) is 2.10. The van der Waals surface area contributed by atoms with Gasteiger partial charge in [-0.3, -0.25) is 0 Å². The van der Waals surface area contributed by atoms with Crippen molar-refractivity contribution in [1.82, 2.24) is 9.97 Å². The quantitative estimate of drug-likeness (QED) is 0.784. The average molecular weight is 220 g/mol. The Labute approximate surface area is 87.3 Å². The highest BCUT2D eigenvalue weighted by molar-refractivity contribution is 6.18. The van der Waals surface area contributed by atoms with Crippen molar-refractivity contribution >= 4 is 29.0 Å². The fourth-order valence-electron chi connectivity index (χ4n) is 0.958. The van der Waals surface area contributed by atoms with Crippen molar-refractivity contribution < 1.29 is 0 Å². The minimum Gasteiger partial charge on any atom is -0.383 e. The van der Waals surface area contributed by atoms with Crippen LogP contribution in [-0.2, 0) is 12.8 Å². The zero-order valence-corrected chi connectivity index (χ0v) is 8.65. The van der Waals surface area contributed by atoms with Crippen LogP contribution in [0.1, 0.15) is 11.4 Å². The lowest BCUT2D eigenvalue weighted by atomic mass is 10.2. The Balaban J connectivity index is 2.79. The number of anilines is 1. The Morgan fingerprint density at radius 2 is 1.92 bits per heavy atom. The fourth-order valence-corrected chi connectivity index (χ4v) is 1.33. The summed E-state index contributed by atoms with van der Waals surface area (Å²) in [7, 11) is 0. The van der Waals surface area contributed by atoms with Gasteiger partial charge in [-0.25, -0.2) is 9.97 Å². The fraction of sp³-hybridized carbons (Fsp3) is 0.500. The number of hydrogen-bond donors (Lipinski definition) is 1. The smallest absolute Gasteiger partial charge is 0.131 e. The Hall–Kier alpha value is -0.540. The lowest BCUT2D eigenvalue weighted by Gasteiger charge is -2.03. The maximum atomic E-state index is 5.68. The normalized spacial score (nSPS) is 10.3. The second kappa shape index (κ2) is 5.25. The first kappa shape index (κ1) is 10.5. The van der Waals surface area contributed by atoms with E-state index in [9.17, 15) is 0 Å². The van der Waals surface area contributed by atoms with Crippen LogP contribution in [0.2, 0.25) is 0 Å². The van der Waals surface area contributed by atoms with E-state index in [-0.39, 0.29) is 0 Å². The monoisotopic (exact) mass is 219 g/mol. The summed E-state index contributed by atoms with van der Waals surface area (Å²) in [4.78, 5) is 8.22. The molecule has 1 aromatic rings. The minimum atomic E-state index is 0.508. The van der Waals surface area contributed by atoms with Crippen molar-refractivity contribution in [3.63, 3.8) is 0 Å². The van der Waals surface area contributed by atoms with Crippen molar-refractivity contribution in [2.24, 2.45) is 0 Å². The molecule has 13 heavy (non-hydrogen) atoms. The van der Waals surface area contributed by atoms with Crippen LogP contribution in [0.4, 0.5) is 5.82 Å². The molecule has 0 saturated heterocycles. The van der Waals surface area contributed by atoms with Crippen molar-refractivity contribution in [2.45, 2.75) is 12.8 Å². The van der Waals surface area contributed by atoms with Gasteiger partial charge in [-0.15, -0.1) is 23.2 Å². The predicted octanol–water partition coefficient (Wildman–Crippen LogP) is 1.62. The van der Waals surface area contributed by atoms with Crippen molar-refractivity contribution in [3.8, 4) is 0 Å². The molecule has 0 radical (unpaired) electrons. The Morgan fingerprint density at radius 3 is 2.46 bits per heavy atom. The van der Waals surface area contributed by atoms with Gasteiger partial charge in [-0.1, -0.05) is 0 Å². The molecule has 0 aliphatic heterocycles. The van der Waals surface area contributed by atoms with Crippen molar-refractivity contribution in [3.05, 3.63) is 17.6 Å². The highest BCUT2D eigenvalue weighted by Crippen LogP contribution is 2.09. The molecule has 0 aliphatic rings. The summed E-state index contributed by atoms with van der Waals surface area (Å²) in [6.07, 6.45) is 3.06. The summed E-state index contributed by atoms with van der Waals surface area (Å²) in [6, 6.07) is 0. The molecule has 2 N–H and O–H groups in total. The molecule has 0 spiro atoms. The molecule has 1 heterocycles. The van der Waals surface area contributed by atoms with Gasteiger partial charge in [0, 0.05) is 29.9 Å². The standard InChI is InChI=1S/C8H11Cl2N3/c9-3-1-6-5-12-7(2-4-10)13-8(6)11/h5H,1-4H2,(H2,11,12,13). The van der Waals surface area contributed by atoms with E-state index in [2.05, 4.69) is 9.97 Å². The Bertz CT molecular complexity index is 278. The summed E-state index contributed by atoms with van der Waals surface area (Å²) < 4.78 is 0. The van der Waals surface area contributed by atoms with Crippen LogP contribution in [0.5, 0.6) is 0 Å². The van der Waals surface area contributed by atoms with Gasteiger partial charge in [0.2, 0.25) is 0 Å². The van der Waals surface area contributed by atoms with E-state index in [0.717, 1.165) is 5.56 Å². The SMILES string of the molecule is Nc1nc(CCCl)ncc1CCCl. The van der Waals surface area contributed by atoms with Gasteiger partial charge < -0.3 is 5.73 Å². The van der Waals surface area contributed by atoms with Gasteiger partial charge in [-0.05, 0) is 6.42 Å². The zero-order valence-electron chi connectivity index (χ0n) is 7.13. The van der Waals surface area contributed by atoms with Crippen LogP contribution in [-0.4, -0.2) is 21.7 Å². The number of nitrogens with zero attached hydrogens (tertiary/aromatic N) is 2. The molecule has 0 aromatic carbocycles. The van der Waals surface area contributed by atoms with Crippen LogP contribution in [0.15, 0.2) is 6.20 Å². The molecule has 72 valence electrons. The maximum Gasteiger partial charge on any atom is 0.131 e. The van der Waals surface area contributed by atoms with Gasteiger partial charge in [0.1, 0.15) is 11.6 Å². The number of aryl methyl sites for hydroxylation is 2. The van der Waals surface area contributed by atoms with E-state index in [4.69, 9.17) is 28.9 Å². The molecule has 0 bridgehead atoms. The first-order valence-corrected chi connectivity index (χ1v) is 5.07. The van der Waals surface area contributed by atoms with Gasteiger partial charge >= 0.3 is 0 Å². The van der Waals surface area contributed by atoms with Crippen LogP contribution < -0.4 is 5.73 Å². The molecule has 1 rings (SSSR count). The molecule has 0 unspecified atom stereocenters. The largest absolute Gasteiger partial charge is 0.383 e. The van der Waals surface area contributed by atoms with Gasteiger partial charge in [0.15, 0.2) is 0 Å². The summed E-state index contributed by atoms with van der Waals surface area (Å²) in [5, 5.41) is 0. The van der Waals surface area contributed by atoms with Gasteiger partial charge in [0.25, 0.3) is 0 Å². The third-order valence-electron chi connectivity index (χ3n) is 1.63. The number of nitrogen functional groups attached to an aromatic ring is 1. The van der Waals surface area contributed by atoms with E-state index < -0.39 is 0 Å². The molecular formula is C8H11Cl2N3. The first-order chi connectivity index (χ1) is 6.27. The number of aromatic nitrogens is 2. The maximum absolute atomic E-state index is 5.68. The van der Waals surface area contributed by atoms with Crippen LogP contribution >= 0.6 is 23.2 Å². The van der Waals surface area contributed by atoms with Crippen LogP contribution in [0.25, 0.3) is 0 Å². The van der Waals surface area contributed by atoms with E-state index >= 15 is 0 Å². The first-order valence-electron chi connectivity index (χ1n) is 4.00. The number of halogens is 2. The molecule has 1 aromatic heterocycles. The summed E-state index contributed by atoms with van der Waals surface area (Å²) in [6.45, 7) is 0. The summed E-state index contributed by atoms with van der Waals surface area (Å²) in [5.74, 6) is 2.23. The lowest BCUT2D eigenvalue weighted by molar-refractivity contribution is 0.926. The van der Waals surface area contributed by atoms with Crippen LogP contribution in [0, 0.1) is 0 Å². The third kappa shape index (κ3) is 3.01. The van der Waals surface area contributed by atoms with Crippen molar-refractivity contribution in [2.75, 3.05) is 17.5 Å². The highest BCUT2D eigenvalue weighted by Gasteiger charge is 2.02. The topological polar surface area (TPSA) is 51.8 Å². The number of nitrogens with two attached hydrogens (primary N) is 1. The minimum absolute atomic E-state index is 0.508. The lowest BCUT2D eigenvalue weighted by Crippen LogP contribution is -2.04. The molecular weight excluding hydrogens is 209 g/mol. The molecule has 0 amide bonds. The van der Waals surface area contributed by atoms with E-state index in [1.807, 2.05) is 0 Å². The Kier molecular flexibility index (Phi) is 4.25. The summed E-state index contributed by atoms with van der Waals surface area (Å²) in [5.41, 5.74) is 6.58. The third-order valence-corrected chi connectivity index (χ3v) is 2.01. The molecule has 5 heteroatoms. The number of rotatable bonds is 4. The molecule has 3 nitrogen and oxygen atoms in total. The van der Waals surface area contributed by atoms with E-state index in [0.29, 0.717) is 36.2 Å². The highest BCUT2D eigenvalue weighted by atomic mass is 35.5. The molecule has 0 aliphatic carbocycles. The summed E-state index contributed by atoms with van der Waals surface area (Å²) >= 11 is 11.1. The van der Waals surface area contributed by atoms with Gasteiger partial charge in [-0.2, -0.15) is 0 Å². The number of alkyl halides is 2. The van der Waals surface area contributed by atoms with Gasteiger partial charge in [0.05, 0.1) is 0 Å². The Morgan fingerprint density at radius 1 is 1.23 bits per heavy atom. The predicted molar refractivity (Wildman–Crippen MR) is 55.3 cm³/mol. The molecule has 0 saturated carbocycles. The number of hydrogen-bond acceptors (Lipinski definition) is 3. The van der Waals surface area contributed by atoms with Crippen LogP contribution in [0.3, 0.4) is 0 Å². The zero-order chi connectivity index (χ0) is 9.68. The molecule has 0 atom stereocenters. The van der Waals surface area contributed by atoms with E-state index in [1.165, 1.54) is 0 Å². The van der Waals surface area contributed by atoms with E-state index in [1.54, 1.807) is 6.20 Å². The second-order valence-electron chi connectivity index (χ2n) is 2.57. The molecule has 0 fully saturated rings.